The molecule has 0 aliphatic carbocycles. The summed E-state index contributed by atoms with van der Waals surface area (Å²) in [4.78, 5) is 23.4. The van der Waals surface area contributed by atoms with Crippen molar-refractivity contribution in [1.29, 1.82) is 0 Å². The van der Waals surface area contributed by atoms with Crippen LogP contribution in [0.25, 0.3) is 21.1 Å². The lowest BCUT2D eigenvalue weighted by Gasteiger charge is -2.44. The number of anilines is 1. The van der Waals surface area contributed by atoms with E-state index in [2.05, 4.69) is 25.5 Å². The Morgan fingerprint density at radius 3 is 2.62 bits per heavy atom. The molecule has 0 saturated carbocycles. The van der Waals surface area contributed by atoms with Crippen molar-refractivity contribution in [2.45, 2.75) is 18.9 Å². The molecule has 1 aliphatic heterocycles. The Balaban J connectivity index is 1.63. The van der Waals surface area contributed by atoms with Crippen LogP contribution >= 0.6 is 22.9 Å². The summed E-state index contributed by atoms with van der Waals surface area (Å²) in [5, 5.41) is 10.1. The molecule has 1 aromatic carbocycles. The molecule has 3 aromatic heterocycles. The summed E-state index contributed by atoms with van der Waals surface area (Å²) in [7, 11) is 0. The third-order valence-electron chi connectivity index (χ3n) is 5.45. The van der Waals surface area contributed by atoms with Gasteiger partial charge in [-0.3, -0.25) is 14.8 Å². The van der Waals surface area contributed by atoms with Crippen molar-refractivity contribution in [1.82, 2.24) is 25.1 Å². The van der Waals surface area contributed by atoms with Gasteiger partial charge in [0.25, 0.3) is 5.92 Å². The number of amides is 1. The van der Waals surface area contributed by atoms with Gasteiger partial charge in [-0.15, -0.1) is 11.3 Å². The summed E-state index contributed by atoms with van der Waals surface area (Å²) in [5.74, 6) is -1.97. The number of aromatic amines is 1. The van der Waals surface area contributed by atoms with Crippen molar-refractivity contribution in [3.05, 3.63) is 71.1 Å². The van der Waals surface area contributed by atoms with Crippen LogP contribution in [0.15, 0.2) is 55.0 Å². The monoisotopic (exact) mass is 500 g/mol. The fraction of sp³-hybridized carbons (Fsp3) is 0.217. The van der Waals surface area contributed by atoms with E-state index < -0.39 is 12.0 Å². The van der Waals surface area contributed by atoms with Crippen LogP contribution in [-0.2, 0) is 4.79 Å². The number of carbonyl (C=O) groups is 1. The normalized spacial score (nSPS) is 16.1. The van der Waals surface area contributed by atoms with Crippen molar-refractivity contribution >= 4 is 34.7 Å². The topological polar surface area (TPSA) is 86.8 Å². The highest BCUT2D eigenvalue weighted by atomic mass is 35.5. The molecule has 1 fully saturated rings. The summed E-state index contributed by atoms with van der Waals surface area (Å²) in [6, 6.07) is 12.4. The number of nitrogens with zero attached hydrogens (tertiary/aromatic N) is 4. The van der Waals surface area contributed by atoms with Crippen molar-refractivity contribution in [3.8, 4) is 21.1 Å². The van der Waals surface area contributed by atoms with Crippen LogP contribution < -0.4 is 5.32 Å². The molecule has 34 heavy (non-hydrogen) atoms. The van der Waals surface area contributed by atoms with E-state index in [-0.39, 0.29) is 19.0 Å². The second-order valence-electron chi connectivity index (χ2n) is 8.06. The van der Waals surface area contributed by atoms with Crippen molar-refractivity contribution < 1.29 is 13.6 Å². The Labute approximate surface area is 202 Å². The Morgan fingerprint density at radius 2 is 1.97 bits per heavy atom. The third kappa shape index (κ3) is 4.56. The first-order valence-corrected chi connectivity index (χ1v) is 11.6. The van der Waals surface area contributed by atoms with Gasteiger partial charge in [0.2, 0.25) is 5.91 Å². The molecule has 5 rings (SSSR count). The van der Waals surface area contributed by atoms with Gasteiger partial charge in [0.1, 0.15) is 12.1 Å². The molecule has 0 spiro atoms. The van der Waals surface area contributed by atoms with Gasteiger partial charge in [-0.25, -0.2) is 18.7 Å². The van der Waals surface area contributed by atoms with Gasteiger partial charge in [-0.2, -0.15) is 5.10 Å². The Hall–Kier alpha value is -3.21. The number of carbonyl (C=O) groups excluding carboxylic acids is 1. The SMILES string of the molecule is CC(=O)Nc1cc(-c2cc(C(c3ccc(Cl)cc3)N3CC(F)(F)C3)c(-c3ncn[nH]3)s2)ccn1. The zero-order chi connectivity index (χ0) is 23.9. The largest absolute Gasteiger partial charge is 0.311 e. The van der Waals surface area contributed by atoms with Crippen LogP contribution in [0.1, 0.15) is 24.1 Å². The maximum absolute atomic E-state index is 13.9. The van der Waals surface area contributed by atoms with Crippen LogP contribution in [0, 0.1) is 0 Å². The summed E-state index contributed by atoms with van der Waals surface area (Å²) in [6.07, 6.45) is 3.02. The summed E-state index contributed by atoms with van der Waals surface area (Å²) in [6.45, 7) is 0.728. The minimum atomic E-state index is -2.73. The van der Waals surface area contributed by atoms with E-state index in [1.54, 1.807) is 29.3 Å². The number of thiophene rings is 1. The molecular weight excluding hydrogens is 482 g/mol. The van der Waals surface area contributed by atoms with Crippen molar-refractivity contribution in [2.75, 3.05) is 18.4 Å². The quantitative estimate of drug-likeness (QED) is 0.378. The number of likely N-dealkylation sites (tertiary alicyclic amines) is 1. The average Bonchev–Trinajstić information content (AvgIpc) is 3.44. The molecule has 0 radical (unpaired) electrons. The van der Waals surface area contributed by atoms with Gasteiger partial charge in [0, 0.05) is 23.0 Å². The number of halogens is 3. The van der Waals surface area contributed by atoms with Crippen LogP contribution in [0.2, 0.25) is 5.02 Å². The van der Waals surface area contributed by atoms with E-state index in [0.717, 1.165) is 26.4 Å². The van der Waals surface area contributed by atoms with E-state index in [1.807, 2.05) is 24.3 Å². The maximum Gasteiger partial charge on any atom is 0.273 e. The minimum absolute atomic E-state index is 0.222. The molecule has 1 saturated heterocycles. The van der Waals surface area contributed by atoms with Gasteiger partial charge in [0.05, 0.1) is 24.0 Å². The number of rotatable bonds is 6. The predicted molar refractivity (Wildman–Crippen MR) is 127 cm³/mol. The van der Waals surface area contributed by atoms with Gasteiger partial charge in [-0.1, -0.05) is 23.7 Å². The van der Waals surface area contributed by atoms with Gasteiger partial charge in [-0.05, 0) is 47.0 Å². The maximum atomic E-state index is 13.9. The Kier molecular flexibility index (Phi) is 5.88. The predicted octanol–water partition coefficient (Wildman–Crippen LogP) is 5.25. The lowest BCUT2D eigenvalue weighted by molar-refractivity contribution is -0.141. The van der Waals surface area contributed by atoms with E-state index in [4.69, 9.17) is 11.6 Å². The van der Waals surface area contributed by atoms with Gasteiger partial charge in [0.15, 0.2) is 5.82 Å². The number of pyridine rings is 1. The van der Waals surface area contributed by atoms with E-state index >= 15 is 0 Å². The molecule has 11 heteroatoms. The first-order valence-electron chi connectivity index (χ1n) is 10.4. The number of aromatic nitrogens is 4. The summed E-state index contributed by atoms with van der Waals surface area (Å²) >= 11 is 7.55. The highest BCUT2D eigenvalue weighted by Crippen LogP contribution is 2.46. The second kappa shape index (κ2) is 8.86. The van der Waals surface area contributed by atoms with Crippen LogP contribution in [0.3, 0.4) is 0 Å². The molecule has 1 aliphatic rings. The average molecular weight is 501 g/mol. The van der Waals surface area contributed by atoms with Crippen LogP contribution in [0.5, 0.6) is 0 Å². The number of benzene rings is 1. The number of nitrogens with one attached hydrogen (secondary N) is 2. The van der Waals surface area contributed by atoms with E-state index in [0.29, 0.717) is 16.7 Å². The van der Waals surface area contributed by atoms with E-state index in [1.165, 1.54) is 24.6 Å². The lowest BCUT2D eigenvalue weighted by atomic mass is 9.93. The lowest BCUT2D eigenvalue weighted by Crippen LogP contribution is -2.57. The smallest absolute Gasteiger partial charge is 0.273 e. The molecule has 1 atom stereocenters. The number of H-pyrrole nitrogens is 1. The third-order valence-corrected chi connectivity index (χ3v) is 6.91. The highest BCUT2D eigenvalue weighted by molar-refractivity contribution is 7.19. The zero-order valence-corrected chi connectivity index (χ0v) is 19.5. The molecule has 2 N–H and O–H groups in total. The minimum Gasteiger partial charge on any atom is -0.311 e. The molecule has 0 bridgehead atoms. The number of hydrogen-bond donors (Lipinski definition) is 2. The Bertz CT molecular complexity index is 1320. The molecule has 4 aromatic rings. The standard InChI is InChI=1S/C23H19ClF2N6OS/c1-13(33)30-19-8-15(6-7-27-19)18-9-17(21(34-18)22-28-12-29-31-22)20(32-10-23(25,26)11-32)14-2-4-16(24)5-3-14/h2-9,12,20H,10-11H2,1H3,(H,27,30,33)(H,28,29,31). The molecular formula is C23H19ClF2N6OS. The van der Waals surface area contributed by atoms with Crippen molar-refractivity contribution in [3.63, 3.8) is 0 Å². The molecule has 174 valence electrons. The second-order valence-corrected chi connectivity index (χ2v) is 9.54. The fourth-order valence-electron chi connectivity index (χ4n) is 4.05. The first-order chi connectivity index (χ1) is 16.3. The summed E-state index contributed by atoms with van der Waals surface area (Å²) < 4.78 is 27.8. The first kappa shape index (κ1) is 22.6. The zero-order valence-electron chi connectivity index (χ0n) is 17.9. The van der Waals surface area contributed by atoms with E-state index in [9.17, 15) is 13.6 Å². The molecule has 4 heterocycles. The molecule has 7 nitrogen and oxygen atoms in total. The van der Waals surface area contributed by atoms with Gasteiger partial charge >= 0.3 is 0 Å². The van der Waals surface area contributed by atoms with Gasteiger partial charge < -0.3 is 5.32 Å². The van der Waals surface area contributed by atoms with Crippen molar-refractivity contribution in [2.24, 2.45) is 0 Å². The number of alkyl halides is 2. The fourth-order valence-corrected chi connectivity index (χ4v) is 5.31. The van der Waals surface area contributed by atoms with Crippen LogP contribution in [0.4, 0.5) is 14.6 Å². The highest BCUT2D eigenvalue weighted by Gasteiger charge is 2.48. The summed E-state index contributed by atoms with van der Waals surface area (Å²) in [5.41, 5.74) is 2.51. The number of hydrogen-bond acceptors (Lipinski definition) is 6. The Morgan fingerprint density at radius 1 is 1.21 bits per heavy atom. The van der Waals surface area contributed by atoms with Crippen LogP contribution in [-0.4, -0.2) is 50.0 Å². The molecule has 1 amide bonds. The molecule has 1 unspecified atom stereocenters.